The molecular formula is C25H34N4O2S2. The molecule has 2 aliphatic heterocycles. The molecule has 6 nitrogen and oxygen atoms in total. The van der Waals surface area contributed by atoms with Gasteiger partial charge in [-0.1, -0.05) is 57.6 Å². The third-order valence-corrected chi connectivity index (χ3v) is 7.80. The Morgan fingerprint density at radius 1 is 1.21 bits per heavy atom. The second kappa shape index (κ2) is 11.3. The van der Waals surface area contributed by atoms with Crippen molar-refractivity contribution in [3.05, 3.63) is 31.9 Å². The van der Waals surface area contributed by atoms with Crippen molar-refractivity contribution in [2.75, 3.05) is 24.5 Å². The van der Waals surface area contributed by atoms with E-state index in [-0.39, 0.29) is 17.0 Å². The van der Waals surface area contributed by atoms with Gasteiger partial charge in [-0.3, -0.25) is 19.1 Å². The zero-order valence-electron chi connectivity index (χ0n) is 20.1. The number of carbonyl (C=O) groups is 1. The molecule has 3 rings (SSSR count). The number of carbonyl (C=O) groups excluding carboxylic acids is 1. The molecule has 0 aliphatic carbocycles. The Labute approximate surface area is 206 Å². The fourth-order valence-electron chi connectivity index (χ4n) is 4.53. The smallest absolute Gasteiger partial charge is 0.270 e. The largest absolute Gasteiger partial charge is 0.357 e. The summed E-state index contributed by atoms with van der Waals surface area (Å²) in [5.74, 6) is 1.28. The number of nitriles is 1. The molecule has 178 valence electrons. The van der Waals surface area contributed by atoms with Crippen LogP contribution in [-0.2, 0) is 11.3 Å². The predicted octanol–water partition coefficient (Wildman–Crippen LogP) is 5.07. The minimum absolute atomic E-state index is 0.0828. The highest BCUT2D eigenvalue weighted by atomic mass is 32.2. The number of pyridine rings is 1. The first-order valence-electron chi connectivity index (χ1n) is 12.0. The first-order chi connectivity index (χ1) is 15.8. The molecule has 1 aromatic rings. The third-order valence-electron chi connectivity index (χ3n) is 6.42. The Hall–Kier alpha value is -2.11. The molecule has 1 amide bonds. The minimum atomic E-state index is -0.232. The van der Waals surface area contributed by atoms with E-state index in [1.54, 1.807) is 9.47 Å². The Balaban J connectivity index is 2.20. The van der Waals surface area contributed by atoms with Gasteiger partial charge in [0.05, 0.1) is 4.91 Å². The summed E-state index contributed by atoms with van der Waals surface area (Å²) in [6, 6.07) is 2.13. The molecule has 0 bridgehead atoms. The topological polar surface area (TPSA) is 69.3 Å². The molecule has 2 saturated heterocycles. The molecule has 3 heterocycles. The summed E-state index contributed by atoms with van der Waals surface area (Å²) in [5.41, 5.74) is 1.37. The van der Waals surface area contributed by atoms with Crippen LogP contribution < -0.4 is 10.5 Å². The van der Waals surface area contributed by atoms with E-state index in [1.165, 1.54) is 11.8 Å². The summed E-state index contributed by atoms with van der Waals surface area (Å²) in [5, 5.41) is 9.81. The van der Waals surface area contributed by atoms with Gasteiger partial charge in [0.1, 0.15) is 21.8 Å². The Bertz CT molecular complexity index is 1050. The second-order valence-corrected chi connectivity index (χ2v) is 10.7. The van der Waals surface area contributed by atoms with Gasteiger partial charge >= 0.3 is 0 Å². The summed E-state index contributed by atoms with van der Waals surface area (Å²) in [6.45, 7) is 11.1. The number of thioether (sulfide) groups is 1. The number of hydrogen-bond acceptors (Lipinski definition) is 6. The van der Waals surface area contributed by atoms with Crippen molar-refractivity contribution in [2.45, 2.75) is 72.8 Å². The molecule has 0 saturated carbocycles. The number of anilines is 1. The van der Waals surface area contributed by atoms with Gasteiger partial charge in [0.25, 0.3) is 11.5 Å². The van der Waals surface area contributed by atoms with Crippen LogP contribution in [0, 0.1) is 24.2 Å². The van der Waals surface area contributed by atoms with Crippen molar-refractivity contribution >= 4 is 46.1 Å². The van der Waals surface area contributed by atoms with Gasteiger partial charge in [0, 0.05) is 31.7 Å². The van der Waals surface area contributed by atoms with Gasteiger partial charge < -0.3 is 4.90 Å². The lowest BCUT2D eigenvalue weighted by Crippen LogP contribution is -2.40. The molecule has 0 radical (unpaired) electrons. The van der Waals surface area contributed by atoms with Crippen molar-refractivity contribution in [3.8, 4) is 6.07 Å². The highest BCUT2D eigenvalue weighted by Gasteiger charge is 2.33. The van der Waals surface area contributed by atoms with E-state index in [4.69, 9.17) is 12.2 Å². The Morgan fingerprint density at radius 2 is 1.91 bits per heavy atom. The molecule has 0 spiro atoms. The summed E-state index contributed by atoms with van der Waals surface area (Å²) < 4.78 is 2.35. The lowest BCUT2D eigenvalue weighted by atomic mass is 9.98. The number of thiocarbonyl (C=S) groups is 1. The number of amides is 1. The monoisotopic (exact) mass is 486 g/mol. The van der Waals surface area contributed by atoms with Crippen LogP contribution in [0.3, 0.4) is 0 Å². The summed E-state index contributed by atoms with van der Waals surface area (Å²) in [6.07, 6.45) is 7.78. The van der Waals surface area contributed by atoms with E-state index in [2.05, 4.69) is 31.7 Å². The molecule has 0 aromatic carbocycles. The number of aromatic nitrogens is 1. The molecular weight excluding hydrogens is 452 g/mol. The predicted molar refractivity (Wildman–Crippen MR) is 140 cm³/mol. The van der Waals surface area contributed by atoms with Crippen molar-refractivity contribution in [1.29, 1.82) is 5.26 Å². The maximum absolute atomic E-state index is 13.3. The lowest BCUT2D eigenvalue weighted by molar-refractivity contribution is -0.122. The van der Waals surface area contributed by atoms with Crippen molar-refractivity contribution in [2.24, 2.45) is 5.92 Å². The molecule has 1 aromatic heterocycles. The van der Waals surface area contributed by atoms with Gasteiger partial charge in [-0.25, -0.2) is 0 Å². The van der Waals surface area contributed by atoms with Crippen molar-refractivity contribution in [3.63, 3.8) is 0 Å². The quantitative estimate of drug-likeness (QED) is 0.378. The maximum atomic E-state index is 13.3. The van der Waals surface area contributed by atoms with Crippen LogP contribution in [0.25, 0.3) is 6.08 Å². The molecule has 1 atom stereocenters. The number of piperidine rings is 1. The molecule has 0 N–H and O–H groups in total. The number of hydrogen-bond donors (Lipinski definition) is 0. The van der Waals surface area contributed by atoms with Crippen LogP contribution in [0.2, 0.25) is 0 Å². The average molecular weight is 487 g/mol. The average Bonchev–Trinajstić information content (AvgIpc) is 3.05. The normalized spacial score (nSPS) is 20.1. The van der Waals surface area contributed by atoms with Gasteiger partial charge in [-0.15, -0.1) is 0 Å². The highest BCUT2D eigenvalue weighted by Crippen LogP contribution is 2.37. The van der Waals surface area contributed by atoms with E-state index in [0.717, 1.165) is 63.0 Å². The standard InChI is InChI=1S/C25H34N4O2S2/c1-5-7-12-28-22(27-11-9-10-17(3)16-27)19(18(4)20(15-26)23(28)30)14-21-24(31)29(13-8-6-2)25(32)33-21/h14,17H,5-13,16H2,1-4H3. The van der Waals surface area contributed by atoms with Gasteiger partial charge in [0.2, 0.25) is 0 Å². The van der Waals surface area contributed by atoms with Gasteiger partial charge in [-0.05, 0) is 50.2 Å². The Kier molecular flexibility index (Phi) is 8.77. The van der Waals surface area contributed by atoms with Crippen LogP contribution in [0.4, 0.5) is 5.82 Å². The SMILES string of the molecule is CCCCN1C(=O)C(=Cc2c(C)c(C#N)c(=O)n(CCCC)c2N2CCCC(C)C2)SC1=S. The highest BCUT2D eigenvalue weighted by molar-refractivity contribution is 8.26. The summed E-state index contributed by atoms with van der Waals surface area (Å²) >= 11 is 6.81. The van der Waals surface area contributed by atoms with Gasteiger partial charge in [0.15, 0.2) is 0 Å². The van der Waals surface area contributed by atoms with E-state index >= 15 is 0 Å². The van der Waals surface area contributed by atoms with Crippen LogP contribution in [0.15, 0.2) is 9.70 Å². The molecule has 8 heteroatoms. The second-order valence-electron chi connectivity index (χ2n) is 9.04. The maximum Gasteiger partial charge on any atom is 0.270 e. The number of rotatable bonds is 8. The third kappa shape index (κ3) is 5.36. The van der Waals surface area contributed by atoms with Crippen LogP contribution in [-0.4, -0.2) is 39.3 Å². The van der Waals surface area contributed by atoms with Crippen molar-refractivity contribution in [1.82, 2.24) is 9.47 Å². The molecule has 2 fully saturated rings. The molecule has 2 aliphatic rings. The van der Waals surface area contributed by atoms with E-state index < -0.39 is 0 Å². The molecule has 1 unspecified atom stereocenters. The fraction of sp³-hybridized carbons (Fsp3) is 0.600. The van der Waals surface area contributed by atoms with Crippen LogP contribution in [0.1, 0.15) is 76.0 Å². The lowest BCUT2D eigenvalue weighted by Gasteiger charge is -2.36. The number of nitrogens with zero attached hydrogens (tertiary/aromatic N) is 4. The van der Waals surface area contributed by atoms with E-state index in [0.29, 0.717) is 33.8 Å². The fourth-order valence-corrected chi connectivity index (χ4v) is 5.82. The number of unbranched alkanes of at least 4 members (excludes halogenated alkanes) is 2. The van der Waals surface area contributed by atoms with E-state index in [9.17, 15) is 14.9 Å². The van der Waals surface area contributed by atoms with E-state index in [1.807, 2.05) is 13.0 Å². The summed E-state index contributed by atoms with van der Waals surface area (Å²) in [4.78, 5) is 31.0. The molecule has 33 heavy (non-hydrogen) atoms. The zero-order chi connectivity index (χ0) is 24.1. The van der Waals surface area contributed by atoms with Crippen LogP contribution >= 0.6 is 24.0 Å². The Morgan fingerprint density at radius 3 is 2.55 bits per heavy atom. The van der Waals surface area contributed by atoms with Crippen molar-refractivity contribution < 1.29 is 4.79 Å². The van der Waals surface area contributed by atoms with Crippen LogP contribution in [0.5, 0.6) is 0 Å². The minimum Gasteiger partial charge on any atom is -0.357 e. The first-order valence-corrected chi connectivity index (χ1v) is 13.2. The zero-order valence-corrected chi connectivity index (χ0v) is 21.8. The first kappa shape index (κ1) is 25.5. The van der Waals surface area contributed by atoms with Gasteiger partial charge in [-0.2, -0.15) is 5.26 Å². The summed E-state index contributed by atoms with van der Waals surface area (Å²) in [7, 11) is 0.